The highest BCUT2D eigenvalue weighted by Crippen LogP contribution is 2.22. The summed E-state index contributed by atoms with van der Waals surface area (Å²) in [7, 11) is 1.70. The molecule has 27 heavy (non-hydrogen) atoms. The van der Waals surface area contributed by atoms with Gasteiger partial charge in [-0.25, -0.2) is 0 Å². The molecule has 2 heterocycles. The van der Waals surface area contributed by atoms with Crippen LogP contribution in [0.5, 0.6) is 0 Å². The molecule has 0 bridgehead atoms. The molecule has 1 aromatic carbocycles. The number of hydrogen-bond donors (Lipinski definition) is 0. The van der Waals surface area contributed by atoms with E-state index in [0.717, 1.165) is 50.0 Å². The predicted octanol–water partition coefficient (Wildman–Crippen LogP) is 2.33. The number of rotatable bonds is 4. The number of piperidine rings is 1. The number of carbonyl (C=O) groups excluding carboxylic acids is 2. The molecule has 2 aliphatic heterocycles. The third-order valence-electron chi connectivity index (χ3n) is 5.70. The topological polar surface area (TPSA) is 53.1 Å². The molecule has 0 unspecified atom stereocenters. The van der Waals surface area contributed by atoms with Crippen molar-refractivity contribution in [3.63, 3.8) is 0 Å². The van der Waals surface area contributed by atoms with Gasteiger partial charge in [0.2, 0.25) is 5.91 Å². The molecule has 0 saturated carbocycles. The Labute approximate surface area is 162 Å². The van der Waals surface area contributed by atoms with E-state index in [4.69, 9.17) is 4.84 Å². The van der Waals surface area contributed by atoms with Gasteiger partial charge in [-0.3, -0.25) is 9.59 Å². The summed E-state index contributed by atoms with van der Waals surface area (Å²) in [5, 5.41) is 1.96. The number of carbonyl (C=O) groups is 2. The van der Waals surface area contributed by atoms with Crippen LogP contribution in [0.25, 0.3) is 0 Å². The molecule has 6 nitrogen and oxygen atoms in total. The zero-order chi connectivity index (χ0) is 19.2. The summed E-state index contributed by atoms with van der Waals surface area (Å²) in [6.07, 6.45) is 3.46. The SMILES string of the molecule is CON1CCC(CC(=O)N2CCCN(C(=O)c3cccc(C)c3)CC2)CC1. The Morgan fingerprint density at radius 2 is 1.74 bits per heavy atom. The number of amides is 2. The minimum atomic E-state index is 0.0694. The number of aryl methyl sites for hydroxylation is 1. The zero-order valence-electron chi connectivity index (χ0n) is 16.5. The van der Waals surface area contributed by atoms with E-state index in [1.54, 1.807) is 7.11 Å². The first-order chi connectivity index (χ1) is 13.1. The van der Waals surface area contributed by atoms with E-state index in [1.165, 1.54) is 0 Å². The summed E-state index contributed by atoms with van der Waals surface area (Å²) in [6.45, 7) is 6.49. The molecule has 6 heteroatoms. The fourth-order valence-electron chi connectivity index (χ4n) is 4.00. The maximum atomic E-state index is 12.8. The molecule has 0 aliphatic carbocycles. The second-order valence-corrected chi connectivity index (χ2v) is 7.66. The lowest BCUT2D eigenvalue weighted by Crippen LogP contribution is -2.39. The molecule has 0 N–H and O–H groups in total. The Morgan fingerprint density at radius 1 is 1.04 bits per heavy atom. The third kappa shape index (κ3) is 5.30. The summed E-state index contributed by atoms with van der Waals surface area (Å²) in [6, 6.07) is 7.72. The largest absolute Gasteiger partial charge is 0.341 e. The van der Waals surface area contributed by atoms with E-state index in [1.807, 2.05) is 46.1 Å². The molecule has 0 radical (unpaired) electrons. The van der Waals surface area contributed by atoms with Crippen LogP contribution in [0.3, 0.4) is 0 Å². The van der Waals surface area contributed by atoms with E-state index < -0.39 is 0 Å². The first-order valence-corrected chi connectivity index (χ1v) is 9.99. The van der Waals surface area contributed by atoms with Gasteiger partial charge in [0.1, 0.15) is 0 Å². The Kier molecular flexibility index (Phi) is 6.85. The van der Waals surface area contributed by atoms with Crippen LogP contribution in [-0.2, 0) is 9.63 Å². The molecule has 3 rings (SSSR count). The summed E-state index contributed by atoms with van der Waals surface area (Å²) in [4.78, 5) is 34.6. The van der Waals surface area contributed by atoms with Crippen LogP contribution >= 0.6 is 0 Å². The molecule has 0 aromatic heterocycles. The van der Waals surface area contributed by atoms with E-state index in [0.29, 0.717) is 32.0 Å². The van der Waals surface area contributed by atoms with Gasteiger partial charge >= 0.3 is 0 Å². The Bertz CT molecular complexity index is 656. The summed E-state index contributed by atoms with van der Waals surface area (Å²) in [5.74, 6) is 0.743. The van der Waals surface area contributed by atoms with Gasteiger partial charge in [-0.1, -0.05) is 17.7 Å². The highest BCUT2D eigenvalue weighted by atomic mass is 16.7. The fourth-order valence-corrected chi connectivity index (χ4v) is 4.00. The lowest BCUT2D eigenvalue weighted by molar-refractivity contribution is -0.151. The van der Waals surface area contributed by atoms with Crippen molar-refractivity contribution in [1.29, 1.82) is 0 Å². The van der Waals surface area contributed by atoms with Crippen LogP contribution in [0, 0.1) is 12.8 Å². The number of nitrogens with zero attached hydrogens (tertiary/aromatic N) is 3. The van der Waals surface area contributed by atoms with Crippen molar-refractivity contribution in [2.75, 3.05) is 46.4 Å². The fraction of sp³-hybridized carbons (Fsp3) is 0.619. The number of benzene rings is 1. The maximum Gasteiger partial charge on any atom is 0.253 e. The summed E-state index contributed by atoms with van der Waals surface area (Å²) in [5.41, 5.74) is 1.83. The quantitative estimate of drug-likeness (QED) is 0.813. The van der Waals surface area contributed by atoms with Crippen molar-refractivity contribution in [3.8, 4) is 0 Å². The van der Waals surface area contributed by atoms with Crippen molar-refractivity contribution in [2.45, 2.75) is 32.6 Å². The van der Waals surface area contributed by atoms with Gasteiger partial charge in [0.15, 0.2) is 0 Å². The average molecular weight is 373 g/mol. The van der Waals surface area contributed by atoms with E-state index in [2.05, 4.69) is 0 Å². The molecule has 2 fully saturated rings. The zero-order valence-corrected chi connectivity index (χ0v) is 16.5. The first-order valence-electron chi connectivity index (χ1n) is 9.99. The summed E-state index contributed by atoms with van der Waals surface area (Å²) >= 11 is 0. The third-order valence-corrected chi connectivity index (χ3v) is 5.70. The van der Waals surface area contributed by atoms with Crippen LogP contribution in [0.4, 0.5) is 0 Å². The van der Waals surface area contributed by atoms with Gasteiger partial charge in [-0.15, -0.1) is 0 Å². The minimum Gasteiger partial charge on any atom is -0.341 e. The van der Waals surface area contributed by atoms with E-state index in [9.17, 15) is 9.59 Å². The van der Waals surface area contributed by atoms with Crippen LogP contribution in [0.1, 0.15) is 41.6 Å². The summed E-state index contributed by atoms with van der Waals surface area (Å²) < 4.78 is 0. The lowest BCUT2D eigenvalue weighted by atomic mass is 9.94. The normalized spacial score (nSPS) is 19.8. The number of hydroxylamine groups is 2. The molecule has 2 aliphatic rings. The standard InChI is InChI=1S/C21H31N3O3/c1-17-5-3-6-19(15-17)21(26)23-10-4-9-22(13-14-23)20(25)16-18-7-11-24(27-2)12-8-18/h3,5-6,15,18H,4,7-14,16H2,1-2H3. The van der Waals surface area contributed by atoms with Crippen LogP contribution < -0.4 is 0 Å². The van der Waals surface area contributed by atoms with Crippen LogP contribution in [0.15, 0.2) is 24.3 Å². The molecular weight excluding hydrogens is 342 g/mol. The molecule has 0 atom stereocenters. The molecule has 0 spiro atoms. The van der Waals surface area contributed by atoms with Crippen LogP contribution in [0.2, 0.25) is 0 Å². The van der Waals surface area contributed by atoms with Gasteiger partial charge in [0.05, 0.1) is 7.11 Å². The molecule has 148 valence electrons. The minimum absolute atomic E-state index is 0.0694. The van der Waals surface area contributed by atoms with Gasteiger partial charge in [0.25, 0.3) is 5.91 Å². The smallest absolute Gasteiger partial charge is 0.253 e. The Morgan fingerprint density at radius 3 is 2.44 bits per heavy atom. The molecule has 1 aromatic rings. The second kappa shape index (κ2) is 9.33. The predicted molar refractivity (Wildman–Crippen MR) is 104 cm³/mol. The van der Waals surface area contributed by atoms with Gasteiger partial charge in [-0.2, -0.15) is 5.06 Å². The van der Waals surface area contributed by atoms with Gasteiger partial charge < -0.3 is 14.6 Å². The highest BCUT2D eigenvalue weighted by molar-refractivity contribution is 5.94. The highest BCUT2D eigenvalue weighted by Gasteiger charge is 2.26. The van der Waals surface area contributed by atoms with Gasteiger partial charge in [-0.05, 0) is 44.2 Å². The first kappa shape index (κ1) is 19.8. The number of hydrogen-bond acceptors (Lipinski definition) is 4. The van der Waals surface area contributed by atoms with Crippen molar-refractivity contribution in [3.05, 3.63) is 35.4 Å². The van der Waals surface area contributed by atoms with Crippen LogP contribution in [-0.4, -0.2) is 73.1 Å². The van der Waals surface area contributed by atoms with Crippen molar-refractivity contribution in [1.82, 2.24) is 14.9 Å². The molecule has 2 saturated heterocycles. The van der Waals surface area contributed by atoms with E-state index in [-0.39, 0.29) is 11.8 Å². The van der Waals surface area contributed by atoms with E-state index >= 15 is 0 Å². The van der Waals surface area contributed by atoms with Gasteiger partial charge in [0, 0.05) is 51.3 Å². The van der Waals surface area contributed by atoms with Crippen molar-refractivity contribution in [2.24, 2.45) is 5.92 Å². The molecule has 2 amide bonds. The Hall–Kier alpha value is -1.92. The average Bonchev–Trinajstić information content (AvgIpc) is 2.94. The maximum absolute atomic E-state index is 12.8. The van der Waals surface area contributed by atoms with Crippen molar-refractivity contribution < 1.29 is 14.4 Å². The van der Waals surface area contributed by atoms with Crippen molar-refractivity contribution >= 4 is 11.8 Å². The Balaban J connectivity index is 1.50. The second-order valence-electron chi connectivity index (χ2n) is 7.66. The monoisotopic (exact) mass is 373 g/mol. The lowest BCUT2D eigenvalue weighted by Gasteiger charge is -2.31. The molecular formula is C21H31N3O3.